The second-order valence-corrected chi connectivity index (χ2v) is 3.84. The highest BCUT2D eigenvalue weighted by Gasteiger charge is 2.12. The van der Waals surface area contributed by atoms with Gasteiger partial charge in [0.15, 0.2) is 0 Å². The van der Waals surface area contributed by atoms with E-state index in [9.17, 15) is 4.79 Å². The van der Waals surface area contributed by atoms with E-state index in [1.165, 1.54) is 0 Å². The summed E-state index contributed by atoms with van der Waals surface area (Å²) < 4.78 is 10.5. The van der Waals surface area contributed by atoms with Gasteiger partial charge in [0.1, 0.15) is 11.5 Å². The summed E-state index contributed by atoms with van der Waals surface area (Å²) >= 11 is 5.50. The van der Waals surface area contributed by atoms with Gasteiger partial charge in [-0.05, 0) is 19.1 Å². The highest BCUT2D eigenvalue weighted by atomic mass is 35.5. The largest absolute Gasteiger partial charge is 0.496 e. The first-order valence-corrected chi connectivity index (χ1v) is 5.74. The normalized spacial score (nSPS) is 9.88. The predicted octanol–water partition coefficient (Wildman–Crippen LogP) is 2.58. The van der Waals surface area contributed by atoms with Crippen molar-refractivity contribution >= 4 is 23.2 Å². The molecule has 17 heavy (non-hydrogen) atoms. The van der Waals surface area contributed by atoms with Crippen molar-refractivity contribution in [3.8, 4) is 11.5 Å². The number of nitrogens with one attached hydrogen (secondary N) is 1. The van der Waals surface area contributed by atoms with Gasteiger partial charge >= 0.3 is 0 Å². The monoisotopic (exact) mass is 257 g/mol. The Hall–Kier alpha value is -1.42. The molecule has 5 heteroatoms. The van der Waals surface area contributed by atoms with Gasteiger partial charge in [0, 0.05) is 17.9 Å². The van der Waals surface area contributed by atoms with Gasteiger partial charge in [-0.25, -0.2) is 0 Å². The summed E-state index contributed by atoms with van der Waals surface area (Å²) in [5.74, 6) is 1.48. The number of anilines is 1. The minimum Gasteiger partial charge on any atom is -0.496 e. The molecule has 0 spiro atoms. The smallest absolute Gasteiger partial charge is 0.225 e. The van der Waals surface area contributed by atoms with Crippen LogP contribution < -0.4 is 14.8 Å². The quantitative estimate of drug-likeness (QED) is 0.825. The Labute approximate surface area is 106 Å². The molecular weight excluding hydrogens is 242 g/mol. The minimum absolute atomic E-state index is 0.136. The van der Waals surface area contributed by atoms with Crippen LogP contribution in [0, 0.1) is 6.92 Å². The highest BCUT2D eigenvalue weighted by molar-refractivity contribution is 6.19. The van der Waals surface area contributed by atoms with Crippen molar-refractivity contribution in [3.05, 3.63) is 17.7 Å². The molecular formula is C12H16ClNO3. The van der Waals surface area contributed by atoms with Gasteiger partial charge < -0.3 is 14.8 Å². The molecule has 4 nitrogen and oxygen atoms in total. The van der Waals surface area contributed by atoms with Gasteiger partial charge in [0.05, 0.1) is 19.9 Å². The van der Waals surface area contributed by atoms with Crippen LogP contribution >= 0.6 is 11.6 Å². The van der Waals surface area contributed by atoms with Gasteiger partial charge in [-0.3, -0.25) is 4.79 Å². The summed E-state index contributed by atoms with van der Waals surface area (Å²) in [7, 11) is 3.15. The third-order valence-corrected chi connectivity index (χ3v) is 2.56. The van der Waals surface area contributed by atoms with Crippen LogP contribution in [0.5, 0.6) is 11.5 Å². The SMILES string of the molecule is COc1ccc(NC(=O)CCCl)c(OC)c1C. The molecule has 0 atom stereocenters. The first-order chi connectivity index (χ1) is 8.13. The number of amides is 1. The molecule has 0 saturated carbocycles. The highest BCUT2D eigenvalue weighted by Crippen LogP contribution is 2.34. The van der Waals surface area contributed by atoms with E-state index < -0.39 is 0 Å². The molecule has 94 valence electrons. The van der Waals surface area contributed by atoms with Crippen LogP contribution in [0.4, 0.5) is 5.69 Å². The molecule has 1 aromatic rings. The average molecular weight is 258 g/mol. The Balaban J connectivity index is 3.00. The average Bonchev–Trinajstić information content (AvgIpc) is 2.30. The van der Waals surface area contributed by atoms with E-state index in [-0.39, 0.29) is 12.3 Å². The Morgan fingerprint density at radius 1 is 1.35 bits per heavy atom. The number of carbonyl (C=O) groups is 1. The number of rotatable bonds is 5. The molecule has 0 bridgehead atoms. The van der Waals surface area contributed by atoms with E-state index in [1.807, 2.05) is 6.92 Å². The van der Waals surface area contributed by atoms with Gasteiger partial charge in [-0.2, -0.15) is 0 Å². The first kappa shape index (κ1) is 13.6. The molecule has 1 N–H and O–H groups in total. The standard InChI is InChI=1S/C12H16ClNO3/c1-8-10(16-2)5-4-9(12(8)17-3)14-11(15)6-7-13/h4-5H,6-7H2,1-3H3,(H,14,15). The molecule has 1 amide bonds. The predicted molar refractivity (Wildman–Crippen MR) is 68.2 cm³/mol. The molecule has 0 aliphatic heterocycles. The molecule has 0 radical (unpaired) electrons. The van der Waals surface area contributed by atoms with Gasteiger partial charge in [-0.15, -0.1) is 11.6 Å². The Bertz CT molecular complexity index is 407. The Morgan fingerprint density at radius 3 is 2.59 bits per heavy atom. The lowest BCUT2D eigenvalue weighted by Gasteiger charge is -2.14. The maximum atomic E-state index is 11.5. The lowest BCUT2D eigenvalue weighted by atomic mass is 10.1. The van der Waals surface area contributed by atoms with Crippen molar-refractivity contribution in [1.29, 1.82) is 0 Å². The van der Waals surface area contributed by atoms with Crippen molar-refractivity contribution in [2.75, 3.05) is 25.4 Å². The molecule has 0 aliphatic rings. The summed E-state index contributed by atoms with van der Waals surface area (Å²) in [5, 5.41) is 2.75. The van der Waals surface area contributed by atoms with Crippen LogP contribution in [0.2, 0.25) is 0 Å². The van der Waals surface area contributed by atoms with E-state index in [2.05, 4.69) is 5.32 Å². The fraction of sp³-hybridized carbons (Fsp3) is 0.417. The maximum Gasteiger partial charge on any atom is 0.225 e. The summed E-state index contributed by atoms with van der Waals surface area (Å²) in [5.41, 5.74) is 1.47. The Morgan fingerprint density at radius 2 is 2.06 bits per heavy atom. The number of hydrogen-bond acceptors (Lipinski definition) is 3. The molecule has 1 aromatic carbocycles. The zero-order chi connectivity index (χ0) is 12.8. The second-order valence-electron chi connectivity index (χ2n) is 3.46. The fourth-order valence-electron chi connectivity index (χ4n) is 1.55. The zero-order valence-corrected chi connectivity index (χ0v) is 10.9. The van der Waals surface area contributed by atoms with Gasteiger partial charge in [0.25, 0.3) is 0 Å². The third-order valence-electron chi connectivity index (χ3n) is 2.38. The van der Waals surface area contributed by atoms with Crippen LogP contribution in [0.3, 0.4) is 0 Å². The van der Waals surface area contributed by atoms with Crippen molar-refractivity contribution in [2.24, 2.45) is 0 Å². The fourth-order valence-corrected chi connectivity index (χ4v) is 1.73. The van der Waals surface area contributed by atoms with Gasteiger partial charge in [0.2, 0.25) is 5.91 Å². The molecule has 1 rings (SSSR count). The number of halogens is 1. The lowest BCUT2D eigenvalue weighted by molar-refractivity contribution is -0.115. The van der Waals surface area contributed by atoms with Crippen LogP contribution in [0.1, 0.15) is 12.0 Å². The second kappa shape index (κ2) is 6.35. The number of carbonyl (C=O) groups excluding carboxylic acids is 1. The number of alkyl halides is 1. The number of methoxy groups -OCH3 is 2. The molecule has 0 heterocycles. The lowest BCUT2D eigenvalue weighted by Crippen LogP contribution is -2.13. The maximum absolute atomic E-state index is 11.5. The molecule has 0 fully saturated rings. The van der Waals surface area contributed by atoms with Crippen molar-refractivity contribution < 1.29 is 14.3 Å². The summed E-state index contributed by atoms with van der Waals surface area (Å²) in [6.45, 7) is 1.87. The van der Waals surface area contributed by atoms with Crippen LogP contribution in [0.25, 0.3) is 0 Å². The van der Waals surface area contributed by atoms with E-state index in [1.54, 1.807) is 26.4 Å². The number of benzene rings is 1. The first-order valence-electron chi connectivity index (χ1n) is 5.21. The zero-order valence-electron chi connectivity index (χ0n) is 10.2. The third kappa shape index (κ3) is 3.27. The van der Waals surface area contributed by atoms with E-state index >= 15 is 0 Å². The van der Waals surface area contributed by atoms with E-state index in [4.69, 9.17) is 21.1 Å². The van der Waals surface area contributed by atoms with Crippen LogP contribution in [-0.4, -0.2) is 26.0 Å². The number of ether oxygens (including phenoxy) is 2. The molecule has 0 aliphatic carbocycles. The van der Waals surface area contributed by atoms with E-state index in [0.717, 1.165) is 11.3 Å². The van der Waals surface area contributed by atoms with Crippen LogP contribution in [-0.2, 0) is 4.79 Å². The Kier molecular flexibility index (Phi) is 5.10. The van der Waals surface area contributed by atoms with Crippen molar-refractivity contribution in [3.63, 3.8) is 0 Å². The summed E-state index contributed by atoms with van der Waals surface area (Å²) in [6, 6.07) is 3.53. The van der Waals surface area contributed by atoms with Crippen LogP contribution in [0.15, 0.2) is 12.1 Å². The molecule has 0 saturated heterocycles. The topological polar surface area (TPSA) is 47.6 Å². The molecule has 0 aromatic heterocycles. The number of hydrogen-bond donors (Lipinski definition) is 1. The molecule has 0 unspecified atom stereocenters. The van der Waals surface area contributed by atoms with Gasteiger partial charge in [-0.1, -0.05) is 0 Å². The summed E-state index contributed by atoms with van der Waals surface area (Å²) in [6.07, 6.45) is 0.274. The van der Waals surface area contributed by atoms with Crippen molar-refractivity contribution in [1.82, 2.24) is 0 Å². The van der Waals surface area contributed by atoms with E-state index in [0.29, 0.717) is 17.3 Å². The summed E-state index contributed by atoms with van der Waals surface area (Å²) in [4.78, 5) is 11.5. The van der Waals surface area contributed by atoms with Crippen molar-refractivity contribution in [2.45, 2.75) is 13.3 Å². The minimum atomic E-state index is -0.136.